The van der Waals surface area contributed by atoms with Crippen molar-refractivity contribution in [2.75, 3.05) is 5.75 Å². The molecule has 7 heteroatoms. The Morgan fingerprint density at radius 1 is 1.65 bits per heavy atom. The van der Waals surface area contributed by atoms with E-state index in [2.05, 4.69) is 21.6 Å². The van der Waals surface area contributed by atoms with E-state index in [4.69, 9.17) is 0 Å². The first-order chi connectivity index (χ1) is 9.58. The van der Waals surface area contributed by atoms with Crippen LogP contribution in [-0.4, -0.2) is 32.1 Å². The van der Waals surface area contributed by atoms with Crippen molar-refractivity contribution in [1.29, 1.82) is 5.26 Å². The van der Waals surface area contributed by atoms with Gasteiger partial charge in [-0.2, -0.15) is 5.26 Å². The third-order valence-corrected chi connectivity index (χ3v) is 4.50. The highest BCUT2D eigenvalue weighted by molar-refractivity contribution is 7.99. The highest BCUT2D eigenvalue weighted by atomic mass is 32.2. The molecule has 0 amide bonds. The molecule has 0 aromatic carbocycles. The standard InChI is InChI=1S/C13H21N5OS/c1-3-18-11(19)16-17-12(18)20-8-4-7-13(2,9-14)15-10-5-6-10/h10,15H,3-8H2,1-2H3,(H,16,19). The third kappa shape index (κ3) is 3.87. The molecule has 1 aliphatic carbocycles. The summed E-state index contributed by atoms with van der Waals surface area (Å²) in [6, 6.07) is 2.91. The van der Waals surface area contributed by atoms with E-state index in [9.17, 15) is 10.1 Å². The Labute approximate surface area is 122 Å². The van der Waals surface area contributed by atoms with E-state index >= 15 is 0 Å². The van der Waals surface area contributed by atoms with Crippen molar-refractivity contribution in [2.24, 2.45) is 0 Å². The molecule has 1 atom stereocenters. The minimum Gasteiger partial charge on any atom is -0.297 e. The number of hydrogen-bond acceptors (Lipinski definition) is 5. The van der Waals surface area contributed by atoms with Gasteiger partial charge in [0.2, 0.25) is 0 Å². The molecular formula is C13H21N5OS. The number of hydrogen-bond donors (Lipinski definition) is 2. The summed E-state index contributed by atoms with van der Waals surface area (Å²) in [7, 11) is 0. The van der Waals surface area contributed by atoms with Crippen molar-refractivity contribution in [3.63, 3.8) is 0 Å². The fraction of sp³-hybridized carbons (Fsp3) is 0.769. The zero-order chi connectivity index (χ0) is 14.6. The minimum atomic E-state index is -0.433. The largest absolute Gasteiger partial charge is 0.343 e. The van der Waals surface area contributed by atoms with Crippen molar-refractivity contribution >= 4 is 11.8 Å². The first kappa shape index (κ1) is 15.1. The van der Waals surface area contributed by atoms with Crippen molar-refractivity contribution in [1.82, 2.24) is 20.1 Å². The quantitative estimate of drug-likeness (QED) is 0.560. The molecule has 0 bridgehead atoms. The number of nitrogens with zero attached hydrogens (tertiary/aromatic N) is 3. The Hall–Kier alpha value is -1.26. The van der Waals surface area contributed by atoms with Gasteiger partial charge >= 0.3 is 5.69 Å². The molecule has 0 aliphatic heterocycles. The lowest BCUT2D eigenvalue weighted by Crippen LogP contribution is -2.42. The second-order valence-electron chi connectivity index (χ2n) is 5.37. The highest BCUT2D eigenvalue weighted by Crippen LogP contribution is 2.25. The molecule has 1 unspecified atom stereocenters. The van der Waals surface area contributed by atoms with Crippen LogP contribution in [0.4, 0.5) is 0 Å². The maximum atomic E-state index is 11.4. The smallest absolute Gasteiger partial charge is 0.297 e. The monoisotopic (exact) mass is 295 g/mol. The first-order valence-electron chi connectivity index (χ1n) is 7.05. The van der Waals surface area contributed by atoms with Crippen LogP contribution in [0.3, 0.4) is 0 Å². The zero-order valence-corrected chi connectivity index (χ0v) is 12.8. The summed E-state index contributed by atoms with van der Waals surface area (Å²) in [6.45, 7) is 4.51. The van der Waals surface area contributed by atoms with Gasteiger partial charge in [-0.25, -0.2) is 9.89 Å². The molecule has 1 fully saturated rings. The maximum Gasteiger partial charge on any atom is 0.343 e. The molecule has 1 aromatic rings. The van der Waals surface area contributed by atoms with Crippen molar-refractivity contribution in [2.45, 2.75) is 62.8 Å². The molecule has 1 heterocycles. The fourth-order valence-electron chi connectivity index (χ4n) is 2.12. The number of rotatable bonds is 8. The van der Waals surface area contributed by atoms with E-state index in [1.165, 1.54) is 12.8 Å². The van der Waals surface area contributed by atoms with Crippen molar-refractivity contribution in [3.8, 4) is 6.07 Å². The topological polar surface area (TPSA) is 86.5 Å². The van der Waals surface area contributed by atoms with Gasteiger partial charge in [-0.15, -0.1) is 5.10 Å². The van der Waals surface area contributed by atoms with Crippen LogP contribution in [0.15, 0.2) is 9.95 Å². The molecule has 0 saturated heterocycles. The van der Waals surface area contributed by atoms with Crippen LogP contribution in [0.2, 0.25) is 0 Å². The number of aromatic amines is 1. The minimum absolute atomic E-state index is 0.160. The number of H-pyrrole nitrogens is 1. The van der Waals surface area contributed by atoms with E-state index in [1.54, 1.807) is 16.3 Å². The SMILES string of the molecule is CCn1c(SCCCC(C)(C#N)NC2CC2)n[nH]c1=O. The van der Waals surface area contributed by atoms with Gasteiger partial charge < -0.3 is 0 Å². The molecule has 110 valence electrons. The molecule has 1 aliphatic rings. The normalized spacial score (nSPS) is 17.6. The summed E-state index contributed by atoms with van der Waals surface area (Å²) in [4.78, 5) is 11.4. The molecule has 1 aromatic heterocycles. The van der Waals surface area contributed by atoms with E-state index < -0.39 is 5.54 Å². The van der Waals surface area contributed by atoms with Gasteiger partial charge in [0.05, 0.1) is 6.07 Å². The summed E-state index contributed by atoms with van der Waals surface area (Å²) < 4.78 is 1.62. The van der Waals surface area contributed by atoms with Crippen molar-refractivity contribution in [3.05, 3.63) is 10.5 Å². The summed E-state index contributed by atoms with van der Waals surface area (Å²) in [6.07, 6.45) is 4.09. The summed E-state index contributed by atoms with van der Waals surface area (Å²) in [5.74, 6) is 0.855. The highest BCUT2D eigenvalue weighted by Gasteiger charge is 2.31. The molecule has 2 N–H and O–H groups in total. The number of nitriles is 1. The molecule has 20 heavy (non-hydrogen) atoms. The number of thioether (sulfide) groups is 1. The van der Waals surface area contributed by atoms with Crippen LogP contribution in [0, 0.1) is 11.3 Å². The van der Waals surface area contributed by atoms with Crippen molar-refractivity contribution < 1.29 is 0 Å². The van der Waals surface area contributed by atoms with Crippen LogP contribution in [0.25, 0.3) is 0 Å². The second-order valence-corrected chi connectivity index (χ2v) is 6.43. The second kappa shape index (κ2) is 6.46. The average Bonchev–Trinajstić information content (AvgIpc) is 3.17. The molecular weight excluding hydrogens is 274 g/mol. The predicted octanol–water partition coefficient (Wildman–Crippen LogP) is 1.50. The Bertz CT molecular complexity index is 542. The summed E-state index contributed by atoms with van der Waals surface area (Å²) >= 11 is 1.56. The van der Waals surface area contributed by atoms with E-state index in [0.717, 1.165) is 23.8 Å². The lowest BCUT2D eigenvalue weighted by Gasteiger charge is -2.22. The molecule has 0 spiro atoms. The Morgan fingerprint density at radius 3 is 3.00 bits per heavy atom. The lowest BCUT2D eigenvalue weighted by atomic mass is 9.98. The Balaban J connectivity index is 1.77. The number of aromatic nitrogens is 3. The average molecular weight is 295 g/mol. The Morgan fingerprint density at radius 2 is 2.40 bits per heavy atom. The summed E-state index contributed by atoms with van der Waals surface area (Å²) in [5.41, 5.74) is -0.593. The summed E-state index contributed by atoms with van der Waals surface area (Å²) in [5, 5.41) is 19.9. The van der Waals surface area contributed by atoms with E-state index in [0.29, 0.717) is 12.6 Å². The Kier molecular flexibility index (Phi) is 4.89. The van der Waals surface area contributed by atoms with Gasteiger partial charge in [-0.1, -0.05) is 11.8 Å². The molecule has 2 rings (SSSR count). The van der Waals surface area contributed by atoms with E-state index in [-0.39, 0.29) is 5.69 Å². The van der Waals surface area contributed by atoms with Gasteiger partial charge in [0, 0.05) is 18.3 Å². The predicted molar refractivity (Wildman–Crippen MR) is 78.7 cm³/mol. The van der Waals surface area contributed by atoms with Gasteiger partial charge in [0.1, 0.15) is 5.54 Å². The molecule has 6 nitrogen and oxygen atoms in total. The third-order valence-electron chi connectivity index (χ3n) is 3.44. The van der Waals surface area contributed by atoms with Crippen LogP contribution in [0.1, 0.15) is 39.5 Å². The first-order valence-corrected chi connectivity index (χ1v) is 8.03. The number of nitrogens with one attached hydrogen (secondary N) is 2. The molecule has 1 saturated carbocycles. The molecule has 0 radical (unpaired) electrons. The van der Waals surface area contributed by atoms with Crippen LogP contribution in [0.5, 0.6) is 0 Å². The van der Waals surface area contributed by atoms with Crippen LogP contribution < -0.4 is 11.0 Å². The maximum absolute atomic E-state index is 11.4. The van der Waals surface area contributed by atoms with Gasteiger partial charge in [-0.05, 0) is 39.5 Å². The van der Waals surface area contributed by atoms with Crippen LogP contribution in [-0.2, 0) is 6.54 Å². The van der Waals surface area contributed by atoms with Gasteiger partial charge in [-0.3, -0.25) is 9.88 Å². The fourth-order valence-corrected chi connectivity index (χ4v) is 3.07. The van der Waals surface area contributed by atoms with E-state index in [1.807, 2.05) is 13.8 Å². The lowest BCUT2D eigenvalue weighted by molar-refractivity contribution is 0.411. The van der Waals surface area contributed by atoms with Gasteiger partial charge in [0.15, 0.2) is 5.16 Å². The van der Waals surface area contributed by atoms with Crippen LogP contribution >= 0.6 is 11.8 Å². The zero-order valence-electron chi connectivity index (χ0n) is 12.0. The van der Waals surface area contributed by atoms with Gasteiger partial charge in [0.25, 0.3) is 0 Å².